The lowest BCUT2D eigenvalue weighted by Crippen LogP contribution is -2.88. The van der Waals surface area contributed by atoms with Crippen molar-refractivity contribution in [3.05, 3.63) is 102 Å². The second-order valence-electron chi connectivity index (χ2n) is 6.58. The monoisotopic (exact) mass is 348 g/mol. The number of hydrogen-bond donors (Lipinski definition) is 2. The second-order valence-corrected chi connectivity index (χ2v) is 6.58. The SMILES string of the molecule is C[C@@H]([NH2+]Cc1cccc(OCc2ccccc2)c1)[C@H](O)c1ccccc1. The molecule has 3 aromatic carbocycles. The van der Waals surface area contributed by atoms with E-state index in [1.807, 2.05) is 67.6 Å². The molecule has 3 heteroatoms. The average Bonchev–Trinajstić information content (AvgIpc) is 2.71. The van der Waals surface area contributed by atoms with Gasteiger partial charge in [0.15, 0.2) is 0 Å². The molecule has 0 unspecified atom stereocenters. The van der Waals surface area contributed by atoms with Crippen LogP contribution in [0.25, 0.3) is 0 Å². The van der Waals surface area contributed by atoms with Gasteiger partial charge in [0.1, 0.15) is 31.0 Å². The molecule has 26 heavy (non-hydrogen) atoms. The van der Waals surface area contributed by atoms with Crippen molar-refractivity contribution in [2.24, 2.45) is 0 Å². The Hall–Kier alpha value is -2.62. The number of rotatable bonds is 8. The highest BCUT2D eigenvalue weighted by Crippen LogP contribution is 2.16. The van der Waals surface area contributed by atoms with Crippen LogP contribution in [0.2, 0.25) is 0 Å². The molecular formula is C23H26NO2+. The quantitative estimate of drug-likeness (QED) is 0.655. The fourth-order valence-electron chi connectivity index (χ4n) is 2.91. The van der Waals surface area contributed by atoms with Gasteiger partial charge < -0.3 is 15.2 Å². The van der Waals surface area contributed by atoms with Gasteiger partial charge in [-0.3, -0.25) is 0 Å². The number of nitrogens with two attached hydrogens (primary N) is 1. The number of benzene rings is 3. The number of hydrogen-bond acceptors (Lipinski definition) is 2. The summed E-state index contributed by atoms with van der Waals surface area (Å²) in [6, 6.07) is 28.2. The molecule has 3 rings (SSSR count). The molecule has 0 aliphatic rings. The molecule has 0 spiro atoms. The normalized spacial score (nSPS) is 13.2. The third-order valence-corrected chi connectivity index (χ3v) is 4.51. The zero-order valence-electron chi connectivity index (χ0n) is 15.1. The Balaban J connectivity index is 1.53. The molecule has 0 fully saturated rings. The lowest BCUT2D eigenvalue weighted by Gasteiger charge is -2.18. The molecule has 0 bridgehead atoms. The number of ether oxygens (including phenoxy) is 1. The zero-order chi connectivity index (χ0) is 18.2. The molecular weight excluding hydrogens is 322 g/mol. The molecule has 134 valence electrons. The maximum atomic E-state index is 10.5. The Kier molecular flexibility index (Phi) is 6.42. The van der Waals surface area contributed by atoms with Crippen molar-refractivity contribution in [2.45, 2.75) is 32.2 Å². The number of aliphatic hydroxyl groups is 1. The summed E-state index contributed by atoms with van der Waals surface area (Å²) in [5.74, 6) is 0.871. The van der Waals surface area contributed by atoms with Crippen LogP contribution in [0.15, 0.2) is 84.9 Å². The van der Waals surface area contributed by atoms with E-state index in [1.165, 1.54) is 5.56 Å². The summed E-state index contributed by atoms with van der Waals surface area (Å²) in [6.07, 6.45) is -0.478. The average molecular weight is 348 g/mol. The first kappa shape index (κ1) is 18.2. The molecule has 3 N–H and O–H groups in total. The Bertz CT molecular complexity index is 790. The molecule has 3 nitrogen and oxygen atoms in total. The fraction of sp³-hybridized carbons (Fsp3) is 0.217. The molecule has 3 aromatic rings. The first-order valence-electron chi connectivity index (χ1n) is 9.04. The predicted octanol–water partition coefficient (Wildman–Crippen LogP) is 3.45. The zero-order valence-corrected chi connectivity index (χ0v) is 15.1. The van der Waals surface area contributed by atoms with Crippen molar-refractivity contribution >= 4 is 0 Å². The van der Waals surface area contributed by atoms with Crippen molar-refractivity contribution in [3.63, 3.8) is 0 Å². The van der Waals surface area contributed by atoms with Gasteiger partial charge in [0.25, 0.3) is 0 Å². The standard InChI is InChI=1S/C23H25NO2/c1-18(23(25)21-12-6-3-7-13-21)24-16-20-11-8-14-22(15-20)26-17-19-9-4-2-5-10-19/h2-15,18,23-25H,16-17H2,1H3/p+1/t18-,23+/m1/s1. The highest BCUT2D eigenvalue weighted by atomic mass is 16.5. The minimum atomic E-state index is -0.478. The number of quaternary nitrogens is 1. The summed E-state index contributed by atoms with van der Waals surface area (Å²) in [4.78, 5) is 0. The third-order valence-electron chi connectivity index (χ3n) is 4.51. The fourth-order valence-corrected chi connectivity index (χ4v) is 2.91. The highest BCUT2D eigenvalue weighted by Gasteiger charge is 2.18. The van der Waals surface area contributed by atoms with Gasteiger partial charge in [-0.2, -0.15) is 0 Å². The minimum absolute atomic E-state index is 0.0753. The van der Waals surface area contributed by atoms with Crippen LogP contribution in [0.5, 0.6) is 5.75 Å². The van der Waals surface area contributed by atoms with Crippen LogP contribution in [-0.2, 0) is 13.2 Å². The van der Waals surface area contributed by atoms with E-state index < -0.39 is 6.10 Å². The van der Waals surface area contributed by atoms with Crippen LogP contribution in [0, 0.1) is 0 Å². The number of aliphatic hydroxyl groups excluding tert-OH is 1. The van der Waals surface area contributed by atoms with Gasteiger partial charge in [-0.25, -0.2) is 0 Å². The van der Waals surface area contributed by atoms with Crippen molar-refractivity contribution in [1.29, 1.82) is 0 Å². The maximum absolute atomic E-state index is 10.5. The van der Waals surface area contributed by atoms with Crippen molar-refractivity contribution in [2.75, 3.05) is 0 Å². The van der Waals surface area contributed by atoms with Gasteiger partial charge in [-0.15, -0.1) is 0 Å². The molecule has 0 amide bonds. The molecule has 0 radical (unpaired) electrons. The first-order valence-corrected chi connectivity index (χ1v) is 9.04. The molecule has 0 saturated carbocycles. The summed E-state index contributed by atoms with van der Waals surface area (Å²) >= 11 is 0. The Morgan fingerprint density at radius 3 is 2.23 bits per heavy atom. The van der Waals surface area contributed by atoms with E-state index in [9.17, 15) is 5.11 Å². The Morgan fingerprint density at radius 2 is 1.50 bits per heavy atom. The van der Waals surface area contributed by atoms with Gasteiger partial charge in [-0.05, 0) is 30.2 Å². The van der Waals surface area contributed by atoms with Gasteiger partial charge in [0.2, 0.25) is 0 Å². The van der Waals surface area contributed by atoms with E-state index in [0.29, 0.717) is 6.61 Å². The van der Waals surface area contributed by atoms with Crippen molar-refractivity contribution in [1.82, 2.24) is 0 Å². The molecule has 2 atom stereocenters. The summed E-state index contributed by atoms with van der Waals surface area (Å²) in [5.41, 5.74) is 3.29. The predicted molar refractivity (Wildman–Crippen MR) is 104 cm³/mol. The summed E-state index contributed by atoms with van der Waals surface area (Å²) in [6.45, 7) is 3.41. The van der Waals surface area contributed by atoms with E-state index in [4.69, 9.17) is 4.74 Å². The molecule has 0 saturated heterocycles. The lowest BCUT2D eigenvalue weighted by molar-refractivity contribution is -0.709. The maximum Gasteiger partial charge on any atom is 0.130 e. The van der Waals surface area contributed by atoms with E-state index in [2.05, 4.69) is 29.6 Å². The van der Waals surface area contributed by atoms with Gasteiger partial charge in [0, 0.05) is 5.56 Å². The summed E-state index contributed by atoms with van der Waals surface area (Å²) < 4.78 is 5.89. The molecule has 0 aromatic heterocycles. The van der Waals surface area contributed by atoms with Crippen LogP contribution in [0.3, 0.4) is 0 Å². The van der Waals surface area contributed by atoms with E-state index in [1.54, 1.807) is 0 Å². The van der Waals surface area contributed by atoms with E-state index in [-0.39, 0.29) is 6.04 Å². The second kappa shape index (κ2) is 9.18. The van der Waals surface area contributed by atoms with Crippen LogP contribution >= 0.6 is 0 Å². The van der Waals surface area contributed by atoms with Crippen molar-refractivity contribution < 1.29 is 15.2 Å². The smallest absolute Gasteiger partial charge is 0.130 e. The van der Waals surface area contributed by atoms with Crippen LogP contribution < -0.4 is 10.1 Å². The first-order chi connectivity index (χ1) is 12.7. The van der Waals surface area contributed by atoms with E-state index >= 15 is 0 Å². The minimum Gasteiger partial charge on any atom is -0.489 e. The van der Waals surface area contributed by atoms with Crippen LogP contribution in [0.4, 0.5) is 0 Å². The lowest BCUT2D eigenvalue weighted by atomic mass is 10.0. The molecule has 0 aliphatic carbocycles. The van der Waals surface area contributed by atoms with Gasteiger partial charge in [0.05, 0.1) is 0 Å². The summed E-state index contributed by atoms with van der Waals surface area (Å²) in [7, 11) is 0. The third kappa shape index (κ3) is 5.19. The molecule has 0 heterocycles. The largest absolute Gasteiger partial charge is 0.489 e. The summed E-state index contributed by atoms with van der Waals surface area (Å²) in [5, 5.41) is 12.6. The Labute approximate surface area is 155 Å². The molecule has 0 aliphatic heterocycles. The topological polar surface area (TPSA) is 46.1 Å². The van der Waals surface area contributed by atoms with E-state index in [0.717, 1.165) is 23.4 Å². The van der Waals surface area contributed by atoms with Gasteiger partial charge in [-0.1, -0.05) is 72.8 Å². The van der Waals surface area contributed by atoms with Gasteiger partial charge >= 0.3 is 0 Å². The van der Waals surface area contributed by atoms with Crippen LogP contribution in [0.1, 0.15) is 29.7 Å². The van der Waals surface area contributed by atoms with Crippen LogP contribution in [-0.4, -0.2) is 11.1 Å². The van der Waals surface area contributed by atoms with Crippen molar-refractivity contribution in [3.8, 4) is 5.75 Å². The highest BCUT2D eigenvalue weighted by molar-refractivity contribution is 5.28. The Morgan fingerprint density at radius 1 is 0.846 bits per heavy atom.